The summed E-state index contributed by atoms with van der Waals surface area (Å²) in [7, 11) is 0. The molecule has 1 heterocycles. The Morgan fingerprint density at radius 1 is 1.60 bits per heavy atom. The predicted octanol–water partition coefficient (Wildman–Crippen LogP) is 1.10. The minimum atomic E-state index is -1.04. The Bertz CT molecular complexity index is 321. The Labute approximate surface area is 91.1 Å². The largest absolute Gasteiger partial charge is 0.478 e. The quantitative estimate of drug-likeness (QED) is 0.733. The molecule has 0 saturated carbocycles. The zero-order valence-electron chi connectivity index (χ0n) is 8.23. The summed E-state index contributed by atoms with van der Waals surface area (Å²) >= 11 is 1.08. The molecule has 6 heteroatoms. The van der Waals surface area contributed by atoms with E-state index in [4.69, 9.17) is 5.11 Å². The molecule has 82 valence electrons. The minimum Gasteiger partial charge on any atom is -0.478 e. The maximum Gasteiger partial charge on any atom is 0.331 e. The SMILES string of the molecule is CC(=CCN1C(=O)CCSC1=O)C(=O)O. The lowest BCUT2D eigenvalue weighted by Crippen LogP contribution is -2.38. The van der Waals surface area contributed by atoms with E-state index in [1.165, 1.54) is 13.0 Å². The Morgan fingerprint density at radius 2 is 2.27 bits per heavy atom. The molecular weight excluding hydrogens is 218 g/mol. The Morgan fingerprint density at radius 3 is 2.80 bits per heavy atom. The lowest BCUT2D eigenvalue weighted by molar-refractivity contribution is -0.133. The highest BCUT2D eigenvalue weighted by atomic mass is 32.2. The van der Waals surface area contributed by atoms with Gasteiger partial charge in [0.25, 0.3) is 5.24 Å². The summed E-state index contributed by atoms with van der Waals surface area (Å²) in [4.78, 5) is 34.1. The van der Waals surface area contributed by atoms with E-state index in [-0.39, 0.29) is 23.3 Å². The molecule has 0 aromatic heterocycles. The maximum atomic E-state index is 11.3. The van der Waals surface area contributed by atoms with Crippen molar-refractivity contribution in [1.29, 1.82) is 0 Å². The van der Waals surface area contributed by atoms with Crippen LogP contribution in [0.2, 0.25) is 0 Å². The average molecular weight is 229 g/mol. The number of rotatable bonds is 3. The van der Waals surface area contributed by atoms with Crippen molar-refractivity contribution >= 4 is 28.9 Å². The maximum absolute atomic E-state index is 11.3. The number of hydrogen-bond donors (Lipinski definition) is 1. The zero-order chi connectivity index (χ0) is 11.4. The third-order valence-corrected chi connectivity index (χ3v) is 2.86. The Hall–Kier alpha value is -1.30. The molecule has 1 fully saturated rings. The number of carboxylic acid groups (broad SMARTS) is 1. The van der Waals surface area contributed by atoms with Gasteiger partial charge in [0, 0.05) is 24.3 Å². The lowest BCUT2D eigenvalue weighted by atomic mass is 10.3. The molecule has 1 aliphatic heterocycles. The predicted molar refractivity (Wildman–Crippen MR) is 55.6 cm³/mol. The average Bonchev–Trinajstić information content (AvgIpc) is 2.16. The van der Waals surface area contributed by atoms with Gasteiger partial charge in [-0.15, -0.1) is 0 Å². The molecule has 1 rings (SSSR count). The molecule has 5 nitrogen and oxygen atoms in total. The summed E-state index contributed by atoms with van der Waals surface area (Å²) < 4.78 is 0. The summed E-state index contributed by atoms with van der Waals surface area (Å²) in [5.74, 6) is -0.775. The Kier molecular flexibility index (Phi) is 3.90. The molecule has 1 saturated heterocycles. The number of hydrogen-bond acceptors (Lipinski definition) is 4. The number of carbonyl (C=O) groups is 3. The summed E-state index contributed by atoms with van der Waals surface area (Å²) in [6.07, 6.45) is 1.69. The van der Waals surface area contributed by atoms with Crippen LogP contribution in [0.5, 0.6) is 0 Å². The van der Waals surface area contributed by atoms with E-state index in [0.29, 0.717) is 12.2 Å². The van der Waals surface area contributed by atoms with Crippen molar-refractivity contribution in [3.8, 4) is 0 Å². The fourth-order valence-electron chi connectivity index (χ4n) is 1.03. The molecular formula is C9H11NO4S. The number of thioether (sulfide) groups is 1. The number of amides is 2. The summed E-state index contributed by atoms with van der Waals surface area (Å²) in [6, 6.07) is 0. The molecule has 0 atom stereocenters. The second-order valence-electron chi connectivity index (χ2n) is 3.06. The van der Waals surface area contributed by atoms with Crippen LogP contribution < -0.4 is 0 Å². The lowest BCUT2D eigenvalue weighted by Gasteiger charge is -2.22. The third kappa shape index (κ3) is 3.09. The molecule has 0 bridgehead atoms. The van der Waals surface area contributed by atoms with Crippen LogP contribution in [0.3, 0.4) is 0 Å². The Balaban J connectivity index is 2.64. The normalized spacial score (nSPS) is 18.2. The van der Waals surface area contributed by atoms with Gasteiger partial charge in [-0.3, -0.25) is 14.5 Å². The fourth-order valence-corrected chi connectivity index (χ4v) is 1.82. The van der Waals surface area contributed by atoms with Crippen molar-refractivity contribution in [1.82, 2.24) is 4.90 Å². The van der Waals surface area contributed by atoms with Crippen molar-refractivity contribution in [3.05, 3.63) is 11.6 Å². The van der Waals surface area contributed by atoms with Crippen LogP contribution in [0.1, 0.15) is 13.3 Å². The highest BCUT2D eigenvalue weighted by Crippen LogP contribution is 2.18. The molecule has 0 aromatic rings. The summed E-state index contributed by atoms with van der Waals surface area (Å²) in [5, 5.41) is 8.28. The first-order valence-corrected chi connectivity index (χ1v) is 5.38. The third-order valence-electron chi connectivity index (χ3n) is 1.98. The first-order chi connectivity index (χ1) is 7.02. The van der Waals surface area contributed by atoms with Gasteiger partial charge in [-0.25, -0.2) is 4.79 Å². The second-order valence-corrected chi connectivity index (χ2v) is 4.11. The van der Waals surface area contributed by atoms with Crippen LogP contribution in [0.4, 0.5) is 4.79 Å². The van der Waals surface area contributed by atoms with Gasteiger partial charge >= 0.3 is 5.97 Å². The molecule has 0 aliphatic carbocycles. The van der Waals surface area contributed by atoms with Gasteiger partial charge in [0.2, 0.25) is 5.91 Å². The molecule has 0 spiro atoms. The van der Waals surface area contributed by atoms with Crippen molar-refractivity contribution in [2.45, 2.75) is 13.3 Å². The van der Waals surface area contributed by atoms with E-state index in [1.807, 2.05) is 0 Å². The van der Waals surface area contributed by atoms with Crippen LogP contribution >= 0.6 is 11.8 Å². The number of nitrogens with zero attached hydrogens (tertiary/aromatic N) is 1. The van der Waals surface area contributed by atoms with Gasteiger partial charge in [-0.2, -0.15) is 0 Å². The minimum absolute atomic E-state index is 0.0444. The van der Waals surface area contributed by atoms with E-state index in [9.17, 15) is 14.4 Å². The monoisotopic (exact) mass is 229 g/mol. The van der Waals surface area contributed by atoms with Crippen LogP contribution in [-0.4, -0.2) is 39.4 Å². The first kappa shape index (κ1) is 11.8. The van der Waals surface area contributed by atoms with Gasteiger partial charge in [-0.05, 0) is 6.92 Å². The highest BCUT2D eigenvalue weighted by molar-refractivity contribution is 8.13. The molecule has 1 aliphatic rings. The van der Waals surface area contributed by atoms with Crippen molar-refractivity contribution in [3.63, 3.8) is 0 Å². The first-order valence-electron chi connectivity index (χ1n) is 4.39. The topological polar surface area (TPSA) is 74.7 Å². The van der Waals surface area contributed by atoms with Crippen LogP contribution in [0, 0.1) is 0 Å². The van der Waals surface area contributed by atoms with E-state index in [2.05, 4.69) is 0 Å². The van der Waals surface area contributed by atoms with Gasteiger partial charge in [-0.1, -0.05) is 17.8 Å². The highest BCUT2D eigenvalue weighted by Gasteiger charge is 2.25. The second kappa shape index (κ2) is 4.97. The van der Waals surface area contributed by atoms with Crippen LogP contribution in [0.25, 0.3) is 0 Å². The van der Waals surface area contributed by atoms with Crippen molar-refractivity contribution < 1.29 is 19.5 Å². The number of aliphatic carboxylic acids is 1. The fraction of sp³-hybridized carbons (Fsp3) is 0.444. The van der Waals surface area contributed by atoms with Gasteiger partial charge in [0.15, 0.2) is 0 Å². The number of carboxylic acids is 1. The van der Waals surface area contributed by atoms with Crippen LogP contribution in [-0.2, 0) is 9.59 Å². The molecule has 0 unspecified atom stereocenters. The number of carbonyl (C=O) groups excluding carboxylic acids is 2. The van der Waals surface area contributed by atoms with Gasteiger partial charge in [0.1, 0.15) is 0 Å². The molecule has 15 heavy (non-hydrogen) atoms. The summed E-state index contributed by atoms with van der Waals surface area (Å²) in [5.41, 5.74) is 0.131. The number of imide groups is 1. The smallest absolute Gasteiger partial charge is 0.331 e. The van der Waals surface area contributed by atoms with Crippen LogP contribution in [0.15, 0.2) is 11.6 Å². The molecule has 0 aromatic carbocycles. The molecule has 1 N–H and O–H groups in total. The van der Waals surface area contributed by atoms with Crippen molar-refractivity contribution in [2.75, 3.05) is 12.3 Å². The van der Waals surface area contributed by atoms with E-state index in [0.717, 1.165) is 16.7 Å². The van der Waals surface area contributed by atoms with Crippen molar-refractivity contribution in [2.24, 2.45) is 0 Å². The summed E-state index contributed by atoms with van der Waals surface area (Å²) in [6.45, 7) is 1.47. The van der Waals surface area contributed by atoms with E-state index >= 15 is 0 Å². The molecule has 2 amide bonds. The zero-order valence-corrected chi connectivity index (χ0v) is 9.04. The van der Waals surface area contributed by atoms with E-state index < -0.39 is 5.97 Å². The van der Waals surface area contributed by atoms with E-state index in [1.54, 1.807) is 0 Å². The van der Waals surface area contributed by atoms with Gasteiger partial charge in [0.05, 0.1) is 0 Å². The molecule has 0 radical (unpaired) electrons. The van der Waals surface area contributed by atoms with Gasteiger partial charge < -0.3 is 5.11 Å². The standard InChI is InChI=1S/C9H11NO4S/c1-6(8(12)13)2-4-10-7(11)3-5-15-9(10)14/h2H,3-5H2,1H3,(H,12,13).